The van der Waals surface area contributed by atoms with Crippen molar-refractivity contribution in [3.05, 3.63) is 11.6 Å². The fraction of sp³-hybridized carbons (Fsp3) is 0.769. The molecule has 1 aliphatic rings. The molecule has 2 heterocycles. The second kappa shape index (κ2) is 6.14. The van der Waals surface area contributed by atoms with Gasteiger partial charge < -0.3 is 15.6 Å². The van der Waals surface area contributed by atoms with Gasteiger partial charge in [0.05, 0.1) is 12.1 Å². The zero-order chi connectivity index (χ0) is 13.8. The molecule has 1 aliphatic heterocycles. The smallest absolute Gasteiger partial charge is 0.237 e. The van der Waals surface area contributed by atoms with Gasteiger partial charge in [0.25, 0.3) is 0 Å². The molecule has 0 saturated carbocycles. The van der Waals surface area contributed by atoms with Gasteiger partial charge in [0, 0.05) is 13.0 Å². The molecule has 0 aliphatic carbocycles. The number of rotatable bonds is 4. The Hall–Kier alpha value is -1.43. The summed E-state index contributed by atoms with van der Waals surface area (Å²) in [6.45, 7) is 4.67. The molecule has 2 atom stereocenters. The van der Waals surface area contributed by atoms with E-state index in [4.69, 9.17) is 5.73 Å². The van der Waals surface area contributed by atoms with Gasteiger partial charge in [0.1, 0.15) is 5.82 Å². The van der Waals surface area contributed by atoms with Crippen LogP contribution >= 0.6 is 0 Å². The van der Waals surface area contributed by atoms with E-state index < -0.39 is 6.04 Å². The average molecular weight is 265 g/mol. The van der Waals surface area contributed by atoms with Crippen LogP contribution in [0.25, 0.3) is 0 Å². The van der Waals surface area contributed by atoms with Crippen LogP contribution < -0.4 is 11.1 Å². The summed E-state index contributed by atoms with van der Waals surface area (Å²) in [7, 11) is 0. The van der Waals surface area contributed by atoms with Crippen LogP contribution in [0.5, 0.6) is 0 Å². The minimum absolute atomic E-state index is 0.0992. The molecule has 2 rings (SSSR count). The van der Waals surface area contributed by atoms with Crippen molar-refractivity contribution < 1.29 is 4.79 Å². The van der Waals surface area contributed by atoms with Crippen LogP contribution in [-0.2, 0) is 17.8 Å². The number of aryl methyl sites for hydroxylation is 1. The second-order valence-corrected chi connectivity index (χ2v) is 5.19. The largest absolute Gasteiger partial charge is 0.345 e. The molecule has 1 amide bonds. The van der Waals surface area contributed by atoms with Crippen molar-refractivity contribution in [3.63, 3.8) is 0 Å². The fourth-order valence-corrected chi connectivity index (χ4v) is 2.42. The number of nitrogens with one attached hydrogen (secondary N) is 1. The Morgan fingerprint density at radius 2 is 2.21 bits per heavy atom. The predicted octanol–water partition coefficient (Wildman–Crippen LogP) is 0.919. The summed E-state index contributed by atoms with van der Waals surface area (Å²) in [5.74, 6) is 1.77. The zero-order valence-electron chi connectivity index (χ0n) is 11.7. The number of aromatic nitrogens is 3. The Morgan fingerprint density at radius 1 is 1.42 bits per heavy atom. The van der Waals surface area contributed by atoms with Crippen LogP contribution in [0.3, 0.4) is 0 Å². The van der Waals surface area contributed by atoms with Crippen LogP contribution in [0.2, 0.25) is 0 Å². The normalized spacial score (nSPS) is 18.3. The highest BCUT2D eigenvalue weighted by Gasteiger charge is 2.23. The molecule has 1 aromatic rings. The monoisotopic (exact) mass is 265 g/mol. The molecule has 0 bridgehead atoms. The summed E-state index contributed by atoms with van der Waals surface area (Å²) in [5, 5.41) is 11.5. The molecule has 6 nitrogen and oxygen atoms in total. The van der Waals surface area contributed by atoms with E-state index in [1.54, 1.807) is 6.92 Å². The van der Waals surface area contributed by atoms with E-state index in [1.165, 1.54) is 12.8 Å². The first-order valence-corrected chi connectivity index (χ1v) is 7.11. The van der Waals surface area contributed by atoms with Gasteiger partial charge in [0.2, 0.25) is 5.91 Å². The standard InChI is InChI=1S/C13H23N5O/c1-3-10(15-13(19)9(2)14)12-17-16-11-7-5-4-6-8-18(11)12/h9-10H,3-8,14H2,1-2H3,(H,15,19)/t9-,10?/m1/s1. The quantitative estimate of drug-likeness (QED) is 0.847. The van der Waals surface area contributed by atoms with Gasteiger partial charge in [-0.15, -0.1) is 10.2 Å². The van der Waals surface area contributed by atoms with Crippen LogP contribution in [0.1, 0.15) is 57.2 Å². The van der Waals surface area contributed by atoms with Gasteiger partial charge >= 0.3 is 0 Å². The maximum absolute atomic E-state index is 11.7. The van der Waals surface area contributed by atoms with Gasteiger partial charge in [-0.3, -0.25) is 4.79 Å². The number of amides is 1. The summed E-state index contributed by atoms with van der Waals surface area (Å²) >= 11 is 0. The molecule has 3 N–H and O–H groups in total. The Bertz CT molecular complexity index is 440. The molecule has 106 valence electrons. The van der Waals surface area contributed by atoms with Gasteiger partial charge in [-0.2, -0.15) is 0 Å². The molecule has 1 unspecified atom stereocenters. The van der Waals surface area contributed by atoms with Gasteiger partial charge in [-0.1, -0.05) is 13.3 Å². The maximum atomic E-state index is 11.7. The number of fused-ring (bicyclic) bond motifs is 1. The highest BCUT2D eigenvalue weighted by atomic mass is 16.2. The molecule has 0 fully saturated rings. The van der Waals surface area contributed by atoms with E-state index in [0.717, 1.165) is 37.5 Å². The van der Waals surface area contributed by atoms with Crippen molar-refractivity contribution >= 4 is 5.91 Å². The van der Waals surface area contributed by atoms with Gasteiger partial charge in [-0.25, -0.2) is 0 Å². The zero-order valence-corrected chi connectivity index (χ0v) is 11.7. The highest BCUT2D eigenvalue weighted by Crippen LogP contribution is 2.20. The van der Waals surface area contributed by atoms with Crippen molar-refractivity contribution in [3.8, 4) is 0 Å². The average Bonchev–Trinajstić information content (AvgIpc) is 2.64. The van der Waals surface area contributed by atoms with E-state index in [1.807, 2.05) is 6.92 Å². The molecular weight excluding hydrogens is 242 g/mol. The Kier molecular flexibility index (Phi) is 4.52. The van der Waals surface area contributed by atoms with E-state index in [2.05, 4.69) is 20.1 Å². The van der Waals surface area contributed by atoms with Crippen LogP contribution in [0, 0.1) is 0 Å². The molecule has 19 heavy (non-hydrogen) atoms. The van der Waals surface area contributed by atoms with Crippen LogP contribution in [-0.4, -0.2) is 26.7 Å². The summed E-state index contributed by atoms with van der Waals surface area (Å²) in [5.41, 5.74) is 5.60. The lowest BCUT2D eigenvalue weighted by Gasteiger charge is -2.19. The number of nitrogens with zero attached hydrogens (tertiary/aromatic N) is 3. The number of hydrogen-bond donors (Lipinski definition) is 2. The van der Waals surface area contributed by atoms with Gasteiger partial charge in [0.15, 0.2) is 5.82 Å². The number of nitrogens with two attached hydrogens (primary N) is 1. The SMILES string of the molecule is CCC(NC(=O)[C@@H](C)N)c1nnc2n1CCCCC2. The topological polar surface area (TPSA) is 85.8 Å². The minimum atomic E-state index is -0.499. The minimum Gasteiger partial charge on any atom is -0.345 e. The first kappa shape index (κ1) is 14.0. The van der Waals surface area contributed by atoms with E-state index >= 15 is 0 Å². The molecule has 0 radical (unpaired) electrons. The predicted molar refractivity (Wildman–Crippen MR) is 72.4 cm³/mol. The third kappa shape index (κ3) is 3.12. The molecule has 1 aromatic heterocycles. The van der Waals surface area contributed by atoms with E-state index in [9.17, 15) is 4.79 Å². The lowest BCUT2D eigenvalue weighted by molar-refractivity contribution is -0.122. The lowest BCUT2D eigenvalue weighted by atomic mass is 10.2. The van der Waals surface area contributed by atoms with Crippen molar-refractivity contribution in [1.29, 1.82) is 0 Å². The summed E-state index contributed by atoms with van der Waals surface area (Å²) in [4.78, 5) is 11.7. The molecule has 6 heteroatoms. The van der Waals surface area contributed by atoms with Crippen molar-refractivity contribution in [2.75, 3.05) is 0 Å². The molecular formula is C13H23N5O. The van der Waals surface area contributed by atoms with Crippen molar-refractivity contribution in [2.24, 2.45) is 5.73 Å². The van der Waals surface area contributed by atoms with E-state index in [0.29, 0.717) is 0 Å². The first-order chi connectivity index (χ1) is 9.13. The van der Waals surface area contributed by atoms with Gasteiger partial charge in [-0.05, 0) is 26.2 Å². The summed E-state index contributed by atoms with van der Waals surface area (Å²) in [6.07, 6.45) is 5.31. The highest BCUT2D eigenvalue weighted by molar-refractivity contribution is 5.81. The van der Waals surface area contributed by atoms with Crippen LogP contribution in [0.4, 0.5) is 0 Å². The molecule has 0 saturated heterocycles. The van der Waals surface area contributed by atoms with Crippen LogP contribution in [0.15, 0.2) is 0 Å². The van der Waals surface area contributed by atoms with Crippen molar-refractivity contribution in [1.82, 2.24) is 20.1 Å². The fourth-order valence-electron chi connectivity index (χ4n) is 2.42. The Balaban J connectivity index is 2.19. The molecule has 0 spiro atoms. The van der Waals surface area contributed by atoms with Crippen molar-refractivity contribution in [2.45, 2.75) is 64.6 Å². The maximum Gasteiger partial charge on any atom is 0.237 e. The summed E-state index contributed by atoms with van der Waals surface area (Å²) < 4.78 is 2.17. The third-order valence-corrected chi connectivity index (χ3v) is 3.59. The second-order valence-electron chi connectivity index (χ2n) is 5.19. The Labute approximate surface area is 113 Å². The van der Waals surface area contributed by atoms with E-state index in [-0.39, 0.29) is 11.9 Å². The summed E-state index contributed by atoms with van der Waals surface area (Å²) in [6, 6.07) is -0.599. The number of carbonyl (C=O) groups is 1. The number of hydrogen-bond acceptors (Lipinski definition) is 4. The lowest BCUT2D eigenvalue weighted by Crippen LogP contribution is -2.40. The Morgan fingerprint density at radius 3 is 2.89 bits per heavy atom. The number of carbonyl (C=O) groups excluding carboxylic acids is 1. The molecule has 0 aromatic carbocycles. The third-order valence-electron chi connectivity index (χ3n) is 3.59. The first-order valence-electron chi connectivity index (χ1n) is 7.11.